The van der Waals surface area contributed by atoms with Gasteiger partial charge in [-0.25, -0.2) is 0 Å². The van der Waals surface area contributed by atoms with E-state index in [2.05, 4.69) is 5.10 Å². The number of carbonyl (C=O) groups is 3. The van der Waals surface area contributed by atoms with Crippen molar-refractivity contribution >= 4 is 17.8 Å². The quantitative estimate of drug-likeness (QED) is 0.776. The minimum Gasteiger partial charge on any atom is -0.481 e. The van der Waals surface area contributed by atoms with Gasteiger partial charge in [0.1, 0.15) is 5.69 Å². The zero-order chi connectivity index (χ0) is 16.8. The molecule has 2 heterocycles. The minimum atomic E-state index is -0.936. The lowest BCUT2D eigenvalue weighted by Crippen LogP contribution is -2.41. The summed E-state index contributed by atoms with van der Waals surface area (Å²) < 4.78 is 6.42. The molecule has 8 heteroatoms. The van der Waals surface area contributed by atoms with Crippen molar-refractivity contribution in [1.29, 1.82) is 0 Å². The molecule has 8 nitrogen and oxygen atoms in total. The third-order valence-electron chi connectivity index (χ3n) is 3.88. The van der Waals surface area contributed by atoms with E-state index in [-0.39, 0.29) is 30.8 Å². The van der Waals surface area contributed by atoms with Gasteiger partial charge in [-0.2, -0.15) is 5.10 Å². The first kappa shape index (κ1) is 17.0. The lowest BCUT2D eigenvalue weighted by molar-refractivity contribution is -0.149. The van der Waals surface area contributed by atoms with Gasteiger partial charge < -0.3 is 14.7 Å². The second kappa shape index (κ2) is 7.75. The lowest BCUT2D eigenvalue weighted by Gasteiger charge is -2.30. The zero-order valence-electron chi connectivity index (χ0n) is 13.1. The number of carbonyl (C=O) groups excluding carboxylic acids is 2. The highest BCUT2D eigenvalue weighted by atomic mass is 16.5. The number of aryl methyl sites for hydroxylation is 1. The number of amides is 1. The van der Waals surface area contributed by atoms with Crippen LogP contribution in [-0.4, -0.2) is 57.3 Å². The van der Waals surface area contributed by atoms with E-state index in [4.69, 9.17) is 9.84 Å². The van der Waals surface area contributed by atoms with Crippen molar-refractivity contribution in [2.75, 3.05) is 19.7 Å². The maximum absolute atomic E-state index is 12.5. The molecule has 126 valence electrons. The molecule has 1 aliphatic rings. The highest BCUT2D eigenvalue weighted by Gasteiger charge is 2.29. The Kier molecular flexibility index (Phi) is 5.72. The first-order valence-electron chi connectivity index (χ1n) is 7.72. The van der Waals surface area contributed by atoms with Crippen LogP contribution in [0.2, 0.25) is 0 Å². The van der Waals surface area contributed by atoms with Crippen LogP contribution in [0.3, 0.4) is 0 Å². The predicted octanol–water partition coefficient (Wildman–Crippen LogP) is 0.773. The van der Waals surface area contributed by atoms with Gasteiger partial charge in [0.2, 0.25) is 0 Å². The Balaban J connectivity index is 1.94. The van der Waals surface area contributed by atoms with Crippen LogP contribution in [0.15, 0.2) is 12.3 Å². The summed E-state index contributed by atoms with van der Waals surface area (Å²) in [6.45, 7) is 3.25. The van der Waals surface area contributed by atoms with Gasteiger partial charge in [0.15, 0.2) is 0 Å². The molecule has 0 atom stereocenters. The van der Waals surface area contributed by atoms with E-state index in [0.717, 1.165) is 0 Å². The number of ether oxygens (including phenoxy) is 1. The molecule has 0 spiro atoms. The molecular formula is C15H21N3O5. The van der Waals surface area contributed by atoms with Gasteiger partial charge in [0, 0.05) is 19.3 Å². The number of carboxylic acid groups (broad SMARTS) is 1. The van der Waals surface area contributed by atoms with Crippen molar-refractivity contribution in [2.24, 2.45) is 5.92 Å². The van der Waals surface area contributed by atoms with Gasteiger partial charge >= 0.3 is 11.9 Å². The molecule has 1 saturated heterocycles. The van der Waals surface area contributed by atoms with Crippen molar-refractivity contribution < 1.29 is 24.2 Å². The molecule has 0 aromatic carbocycles. The number of nitrogens with zero attached hydrogens (tertiary/aromatic N) is 3. The maximum Gasteiger partial charge on any atom is 0.309 e. The summed E-state index contributed by atoms with van der Waals surface area (Å²) in [6.07, 6.45) is 2.55. The highest BCUT2D eigenvalue weighted by molar-refractivity contribution is 5.92. The number of rotatable bonds is 6. The van der Waals surface area contributed by atoms with Gasteiger partial charge in [-0.3, -0.25) is 19.1 Å². The molecule has 23 heavy (non-hydrogen) atoms. The van der Waals surface area contributed by atoms with Crippen LogP contribution in [0.1, 0.15) is 36.7 Å². The Bertz CT molecular complexity index is 575. The van der Waals surface area contributed by atoms with Gasteiger partial charge in [0.05, 0.1) is 25.5 Å². The Morgan fingerprint density at radius 3 is 2.65 bits per heavy atom. The first-order valence-corrected chi connectivity index (χ1v) is 7.72. The standard InChI is InChI=1S/C15H21N3O5/c1-2-23-15(22)11-4-8-17(9-5-11)14(21)12-3-7-16-18(12)10-6-13(19)20/h3,7,11H,2,4-6,8-10H2,1H3,(H,19,20). The number of aliphatic carboxylic acids is 1. The van der Waals surface area contributed by atoms with Crippen molar-refractivity contribution in [3.05, 3.63) is 18.0 Å². The summed E-state index contributed by atoms with van der Waals surface area (Å²) in [5.41, 5.74) is 0.376. The van der Waals surface area contributed by atoms with Crippen molar-refractivity contribution in [1.82, 2.24) is 14.7 Å². The number of esters is 1. The number of carboxylic acids is 1. The van der Waals surface area contributed by atoms with Gasteiger partial charge in [0.25, 0.3) is 5.91 Å². The van der Waals surface area contributed by atoms with E-state index in [1.165, 1.54) is 10.9 Å². The van der Waals surface area contributed by atoms with E-state index in [9.17, 15) is 14.4 Å². The molecule has 2 rings (SSSR count). The Morgan fingerprint density at radius 1 is 1.35 bits per heavy atom. The lowest BCUT2D eigenvalue weighted by atomic mass is 9.97. The van der Waals surface area contributed by atoms with Crippen LogP contribution in [0.25, 0.3) is 0 Å². The molecule has 0 unspecified atom stereocenters. The third-order valence-corrected chi connectivity index (χ3v) is 3.88. The number of likely N-dealkylation sites (tertiary alicyclic amines) is 1. The van der Waals surface area contributed by atoms with E-state index in [1.807, 2.05) is 0 Å². The zero-order valence-corrected chi connectivity index (χ0v) is 13.1. The Morgan fingerprint density at radius 2 is 2.04 bits per heavy atom. The fourth-order valence-electron chi connectivity index (χ4n) is 2.63. The molecule has 1 aliphatic heterocycles. The Hall–Kier alpha value is -2.38. The molecule has 1 aromatic heterocycles. The molecule has 0 aliphatic carbocycles. The van der Waals surface area contributed by atoms with Crippen LogP contribution in [0.4, 0.5) is 0 Å². The largest absolute Gasteiger partial charge is 0.481 e. The van der Waals surface area contributed by atoms with Gasteiger partial charge in [-0.05, 0) is 25.8 Å². The fraction of sp³-hybridized carbons (Fsp3) is 0.600. The Labute approximate surface area is 134 Å². The number of piperidine rings is 1. The van der Waals surface area contributed by atoms with Crippen molar-refractivity contribution in [3.63, 3.8) is 0 Å². The molecule has 1 N–H and O–H groups in total. The molecule has 1 amide bonds. The SMILES string of the molecule is CCOC(=O)C1CCN(C(=O)c2ccnn2CCC(=O)O)CC1. The molecule has 1 fully saturated rings. The topological polar surface area (TPSA) is 102 Å². The number of aromatic nitrogens is 2. The van der Waals surface area contributed by atoms with E-state index >= 15 is 0 Å². The summed E-state index contributed by atoms with van der Waals surface area (Å²) in [5, 5.41) is 12.7. The second-order valence-corrected chi connectivity index (χ2v) is 5.40. The third kappa shape index (κ3) is 4.30. The van der Waals surface area contributed by atoms with Crippen molar-refractivity contribution in [2.45, 2.75) is 32.7 Å². The van der Waals surface area contributed by atoms with Crippen LogP contribution in [0, 0.1) is 5.92 Å². The average Bonchev–Trinajstić information content (AvgIpc) is 3.01. The van der Waals surface area contributed by atoms with Crippen LogP contribution in [-0.2, 0) is 20.9 Å². The second-order valence-electron chi connectivity index (χ2n) is 5.40. The van der Waals surface area contributed by atoms with Crippen molar-refractivity contribution in [3.8, 4) is 0 Å². The molecular weight excluding hydrogens is 302 g/mol. The summed E-state index contributed by atoms with van der Waals surface area (Å²) in [4.78, 5) is 36.6. The van der Waals surface area contributed by atoms with E-state index in [1.54, 1.807) is 17.9 Å². The molecule has 1 aromatic rings. The van der Waals surface area contributed by atoms with Crippen LogP contribution in [0.5, 0.6) is 0 Å². The minimum absolute atomic E-state index is 0.0904. The molecule has 0 radical (unpaired) electrons. The number of hydrogen-bond acceptors (Lipinski definition) is 5. The van der Waals surface area contributed by atoms with E-state index < -0.39 is 5.97 Å². The highest BCUT2D eigenvalue weighted by Crippen LogP contribution is 2.20. The average molecular weight is 323 g/mol. The predicted molar refractivity (Wildman–Crippen MR) is 79.7 cm³/mol. The van der Waals surface area contributed by atoms with Crippen LogP contribution >= 0.6 is 0 Å². The maximum atomic E-state index is 12.5. The summed E-state index contributed by atoms with van der Waals surface area (Å²) >= 11 is 0. The van der Waals surface area contributed by atoms with Crippen LogP contribution < -0.4 is 0 Å². The normalized spacial score (nSPS) is 15.4. The summed E-state index contributed by atoms with van der Waals surface area (Å²) in [7, 11) is 0. The molecule has 0 bridgehead atoms. The fourth-order valence-corrected chi connectivity index (χ4v) is 2.63. The number of hydrogen-bond donors (Lipinski definition) is 1. The van der Waals surface area contributed by atoms with Gasteiger partial charge in [-0.1, -0.05) is 0 Å². The van der Waals surface area contributed by atoms with Gasteiger partial charge in [-0.15, -0.1) is 0 Å². The molecule has 0 saturated carbocycles. The van der Waals surface area contributed by atoms with E-state index in [0.29, 0.717) is 38.2 Å². The monoisotopic (exact) mass is 323 g/mol. The first-order chi connectivity index (χ1) is 11.0. The summed E-state index contributed by atoms with van der Waals surface area (Å²) in [5.74, 6) is -1.48. The smallest absolute Gasteiger partial charge is 0.309 e. The summed E-state index contributed by atoms with van der Waals surface area (Å²) in [6, 6.07) is 1.58.